The van der Waals surface area contributed by atoms with Crippen LogP contribution in [0.5, 0.6) is 0 Å². The summed E-state index contributed by atoms with van der Waals surface area (Å²) in [5.74, 6) is 0. The number of anilines is 3. The molecule has 0 N–H and O–H groups in total. The maximum absolute atomic E-state index is 5.13. The molecular weight excluding hydrogens is 789 g/mol. The van der Waals surface area contributed by atoms with Gasteiger partial charge in [-0.1, -0.05) is 140 Å². The molecule has 0 saturated carbocycles. The molecule has 0 amide bonds. The molecule has 4 heteroatoms. The topological polar surface area (TPSA) is 34.0 Å². The van der Waals surface area contributed by atoms with E-state index in [1.807, 2.05) is 24.5 Å². The molecule has 0 radical (unpaired) electrons. The summed E-state index contributed by atoms with van der Waals surface area (Å²) in [6.07, 6.45) is 3.87. The molecule has 0 aliphatic carbocycles. The lowest BCUT2D eigenvalue weighted by Crippen LogP contribution is -2.14. The lowest BCUT2D eigenvalue weighted by Gasteiger charge is -2.30. The molecule has 11 aromatic rings. The zero-order valence-electron chi connectivity index (χ0n) is 36.7. The summed E-state index contributed by atoms with van der Waals surface area (Å²) < 4.78 is 2.41. The Morgan fingerprint density at radius 1 is 0.369 bits per heavy atom. The van der Waals surface area contributed by atoms with Crippen molar-refractivity contribution in [1.82, 2.24) is 14.5 Å². The van der Waals surface area contributed by atoms with E-state index >= 15 is 0 Å². The van der Waals surface area contributed by atoms with Crippen LogP contribution in [0.4, 0.5) is 17.1 Å². The first-order valence-electron chi connectivity index (χ1n) is 22.2. The maximum atomic E-state index is 5.13. The van der Waals surface area contributed by atoms with Crippen molar-refractivity contribution in [3.05, 3.63) is 241 Å². The van der Waals surface area contributed by atoms with Gasteiger partial charge in [0.2, 0.25) is 0 Å². The number of para-hydroxylation sites is 2. The van der Waals surface area contributed by atoms with Gasteiger partial charge in [0.1, 0.15) is 0 Å². The quantitative estimate of drug-likeness (QED) is 0.145. The summed E-state index contributed by atoms with van der Waals surface area (Å²) in [5, 5.41) is 2.50. The Labute approximate surface area is 380 Å². The fraction of sp³-hybridized carbons (Fsp3) is 0.0492. The van der Waals surface area contributed by atoms with Crippen LogP contribution in [-0.4, -0.2) is 14.5 Å². The molecule has 0 spiro atoms. The third-order valence-electron chi connectivity index (χ3n) is 12.6. The minimum absolute atomic E-state index is 0.911. The molecule has 65 heavy (non-hydrogen) atoms. The number of rotatable bonds is 9. The molecule has 0 bridgehead atoms. The van der Waals surface area contributed by atoms with Crippen molar-refractivity contribution in [1.29, 1.82) is 0 Å². The average Bonchev–Trinajstić information content (AvgIpc) is 3.70. The number of benzene rings is 8. The zero-order chi connectivity index (χ0) is 43.9. The van der Waals surface area contributed by atoms with Crippen molar-refractivity contribution in [2.24, 2.45) is 0 Å². The van der Waals surface area contributed by atoms with Crippen molar-refractivity contribution in [2.45, 2.75) is 20.8 Å². The van der Waals surface area contributed by atoms with Gasteiger partial charge in [-0.3, -0.25) is 9.97 Å². The minimum Gasteiger partial charge on any atom is -0.310 e. The first-order chi connectivity index (χ1) is 32.0. The van der Waals surface area contributed by atoms with Crippen LogP contribution < -0.4 is 4.90 Å². The van der Waals surface area contributed by atoms with E-state index in [0.29, 0.717) is 0 Å². The Morgan fingerprint density at radius 3 is 1.58 bits per heavy atom. The fourth-order valence-electron chi connectivity index (χ4n) is 9.51. The largest absolute Gasteiger partial charge is 0.310 e. The van der Waals surface area contributed by atoms with Crippen LogP contribution in [0.1, 0.15) is 16.7 Å². The number of pyridine rings is 2. The van der Waals surface area contributed by atoms with Crippen molar-refractivity contribution in [3.8, 4) is 61.6 Å². The third kappa shape index (κ3) is 7.45. The number of hydrogen-bond donors (Lipinski definition) is 0. The van der Waals surface area contributed by atoms with Gasteiger partial charge in [-0.2, -0.15) is 0 Å². The number of nitrogens with zero attached hydrogens (tertiary/aromatic N) is 4. The highest BCUT2D eigenvalue weighted by molar-refractivity contribution is 6.09. The number of aromatic nitrogens is 3. The van der Waals surface area contributed by atoms with Crippen LogP contribution in [0.25, 0.3) is 83.4 Å². The van der Waals surface area contributed by atoms with Gasteiger partial charge in [-0.05, 0) is 144 Å². The van der Waals surface area contributed by atoms with E-state index in [2.05, 4.69) is 230 Å². The van der Waals surface area contributed by atoms with E-state index in [0.717, 1.165) is 84.2 Å². The molecule has 3 heterocycles. The van der Waals surface area contributed by atoms with Gasteiger partial charge in [0.05, 0.1) is 28.1 Å². The molecule has 310 valence electrons. The van der Waals surface area contributed by atoms with Gasteiger partial charge in [-0.15, -0.1) is 0 Å². The van der Waals surface area contributed by atoms with Crippen LogP contribution in [-0.2, 0) is 0 Å². The second-order valence-electron chi connectivity index (χ2n) is 16.9. The fourth-order valence-corrected chi connectivity index (χ4v) is 9.51. The van der Waals surface area contributed by atoms with E-state index < -0.39 is 0 Å². The summed E-state index contributed by atoms with van der Waals surface area (Å²) in [7, 11) is 0. The van der Waals surface area contributed by atoms with Crippen LogP contribution in [0.3, 0.4) is 0 Å². The monoisotopic (exact) mass is 834 g/mol. The van der Waals surface area contributed by atoms with Gasteiger partial charge in [-0.25, -0.2) is 0 Å². The first kappa shape index (κ1) is 39.5. The molecule has 0 atom stereocenters. The first-order valence-corrected chi connectivity index (χ1v) is 22.2. The summed E-state index contributed by atoms with van der Waals surface area (Å²) in [5.41, 5.74) is 21.1. The van der Waals surface area contributed by atoms with Crippen molar-refractivity contribution in [2.75, 3.05) is 4.90 Å². The lowest BCUT2D eigenvalue weighted by molar-refractivity contribution is 1.14. The summed E-state index contributed by atoms with van der Waals surface area (Å²) in [6, 6.07) is 76.2. The number of fused-ring (bicyclic) bond motifs is 3. The van der Waals surface area contributed by atoms with Crippen molar-refractivity contribution < 1.29 is 0 Å². The summed E-state index contributed by atoms with van der Waals surface area (Å²) in [4.78, 5) is 12.3. The van der Waals surface area contributed by atoms with Gasteiger partial charge in [0, 0.05) is 51.4 Å². The van der Waals surface area contributed by atoms with Gasteiger partial charge in [0.15, 0.2) is 0 Å². The lowest BCUT2D eigenvalue weighted by atomic mass is 9.95. The third-order valence-corrected chi connectivity index (χ3v) is 12.6. The Bertz CT molecular complexity index is 3420. The highest BCUT2D eigenvalue weighted by atomic mass is 15.1. The molecule has 3 aromatic heterocycles. The van der Waals surface area contributed by atoms with E-state index in [1.54, 1.807) is 0 Å². The van der Waals surface area contributed by atoms with E-state index in [4.69, 9.17) is 9.97 Å². The average molecular weight is 835 g/mol. The SMILES string of the molecule is Cc1cnc(-c2cc(-c3ccccc3)cc(N(c3cccc(-c4ccccn4)c3)c3c(C)cc(-n4c5ccccc5c5ccccc54)cc3C)c2)cc1-c1ccc(-c2ccccc2)cc1. The molecule has 11 rings (SSSR count). The molecule has 0 fully saturated rings. The van der Waals surface area contributed by atoms with E-state index in [9.17, 15) is 0 Å². The second kappa shape index (κ2) is 16.7. The molecule has 0 aliphatic rings. The summed E-state index contributed by atoms with van der Waals surface area (Å²) >= 11 is 0. The zero-order valence-corrected chi connectivity index (χ0v) is 36.7. The minimum atomic E-state index is 0.911. The van der Waals surface area contributed by atoms with Crippen LogP contribution in [0, 0.1) is 20.8 Å². The van der Waals surface area contributed by atoms with E-state index in [1.165, 1.54) is 32.9 Å². The smallest absolute Gasteiger partial charge is 0.0709 e. The Hall–Kier alpha value is -8.34. The highest BCUT2D eigenvalue weighted by Crippen LogP contribution is 2.45. The standard InChI is InChI=1S/C61H46N4/c1-41-33-52(65-59-26-12-10-23-54(59)55-24-11-13-27-60(55)65)34-42(2)61(41)64(51-22-16-21-48(36-51)57-25-14-15-32-62-57)53-37-49(45-19-8-5-9-20-45)35-50(38-53)58-39-56(43(3)40-63-58)47-30-28-46(29-31-47)44-17-6-4-7-18-44/h4-40H,1-3H3. The maximum Gasteiger partial charge on any atom is 0.0709 e. The predicted octanol–water partition coefficient (Wildman–Crippen LogP) is 16.3. The Morgan fingerprint density at radius 2 is 0.923 bits per heavy atom. The predicted molar refractivity (Wildman–Crippen MR) is 272 cm³/mol. The van der Waals surface area contributed by atoms with Crippen molar-refractivity contribution in [3.63, 3.8) is 0 Å². The normalized spacial score (nSPS) is 11.3. The molecular formula is C61H46N4. The molecule has 4 nitrogen and oxygen atoms in total. The highest BCUT2D eigenvalue weighted by Gasteiger charge is 2.22. The Balaban J connectivity index is 1.10. The molecule has 0 saturated heterocycles. The van der Waals surface area contributed by atoms with Gasteiger partial charge >= 0.3 is 0 Å². The van der Waals surface area contributed by atoms with Gasteiger partial charge < -0.3 is 9.47 Å². The van der Waals surface area contributed by atoms with E-state index in [-0.39, 0.29) is 0 Å². The van der Waals surface area contributed by atoms with Crippen LogP contribution >= 0.6 is 0 Å². The molecule has 0 unspecified atom stereocenters. The van der Waals surface area contributed by atoms with Crippen LogP contribution in [0.15, 0.2) is 225 Å². The summed E-state index contributed by atoms with van der Waals surface area (Å²) in [6.45, 7) is 6.64. The molecule has 0 aliphatic heterocycles. The van der Waals surface area contributed by atoms with Crippen LogP contribution in [0.2, 0.25) is 0 Å². The van der Waals surface area contributed by atoms with Crippen molar-refractivity contribution >= 4 is 38.9 Å². The second-order valence-corrected chi connectivity index (χ2v) is 16.9. The van der Waals surface area contributed by atoms with Gasteiger partial charge in [0.25, 0.3) is 0 Å². The molecule has 8 aromatic carbocycles. The number of aryl methyl sites for hydroxylation is 3. The number of hydrogen-bond acceptors (Lipinski definition) is 3. The Kier molecular flexibility index (Phi) is 10.2.